The summed E-state index contributed by atoms with van der Waals surface area (Å²) >= 11 is 17.6. The Morgan fingerprint density at radius 2 is 0.667 bits per heavy atom. The second kappa shape index (κ2) is 54.4. The van der Waals surface area contributed by atoms with E-state index in [1.165, 1.54) is 85.7 Å². The number of nitrogens with one attached hydrogen (secondary N) is 6. The van der Waals surface area contributed by atoms with Crippen molar-refractivity contribution >= 4 is 183 Å². The standard InChI is InChI=1S/3C24H24ClF2N5O3.2C6H8O7.C6H6O3S/c3*1-15(26)24(33)31-21-12-17-20(13-22(21)35-8-2-5-32-6-9-34-10-7-32)28-14-29-23(17)30-16-3-4-19(27)18(25)11-16;2*7-3(8)1-6(13,5(11)12)2-4(9)10;7-10(8,9)6-4-2-1-3-5-6/h3*3-4,11-14H,1-2,5-10H2,(H,31,33)(H,28,29,30);2*13H,1-2H2,(H,7,8)(H,9,10)(H,11,12);1-5H,(H,7,8,9). The number of benzene rings is 7. The number of nitrogens with zero attached hydrogens (tertiary/aromatic N) is 9. The highest BCUT2D eigenvalue weighted by atomic mass is 35.5. The number of hydrogen-bond acceptors (Lipinski definition) is 31. The third-order valence-corrected chi connectivity index (χ3v) is 21.5. The third-order valence-electron chi connectivity index (χ3n) is 19.8. The van der Waals surface area contributed by atoms with Gasteiger partial charge in [-0.2, -0.15) is 8.42 Å². The number of aliphatic carboxylic acids is 6. The lowest BCUT2D eigenvalue weighted by molar-refractivity contribution is -0.170. The predicted molar refractivity (Wildman–Crippen MR) is 502 cm³/mol. The Kier molecular flexibility index (Phi) is 43.3. The minimum absolute atomic E-state index is 0.0458. The highest BCUT2D eigenvalue weighted by Gasteiger charge is 2.42. The number of ether oxygens (including phenoxy) is 6. The molecule has 7 aromatic carbocycles. The molecule has 0 spiro atoms. The Morgan fingerprint density at radius 1 is 0.404 bits per heavy atom. The Morgan fingerprint density at radius 3 is 0.887 bits per heavy atom. The zero-order valence-electron chi connectivity index (χ0n) is 74.4. The molecule has 41 nitrogen and oxygen atoms in total. The van der Waals surface area contributed by atoms with Crippen LogP contribution < -0.4 is 46.1 Å². The molecule has 3 aliphatic rings. The molecule has 0 saturated carbocycles. The maximum atomic E-state index is 13.5. The van der Waals surface area contributed by atoms with Gasteiger partial charge < -0.3 is 101 Å². The second-order valence-corrected chi connectivity index (χ2v) is 33.0. The summed E-state index contributed by atoms with van der Waals surface area (Å²) in [5.74, 6) is -15.9. The third kappa shape index (κ3) is 36.5. The van der Waals surface area contributed by atoms with E-state index >= 15 is 0 Å². The normalized spacial score (nSPS) is 13.2. The lowest BCUT2D eigenvalue weighted by atomic mass is 9.96. The van der Waals surface area contributed by atoms with Crippen molar-refractivity contribution in [1.82, 2.24) is 44.6 Å². The summed E-state index contributed by atoms with van der Waals surface area (Å²) in [4.78, 5) is 129. The fourth-order valence-electron chi connectivity index (χ4n) is 12.8. The lowest BCUT2D eigenvalue weighted by Crippen LogP contribution is -2.42. The number of amides is 3. The van der Waals surface area contributed by atoms with E-state index in [2.05, 4.69) is 96.2 Å². The van der Waals surface area contributed by atoms with Crippen LogP contribution in [0.1, 0.15) is 44.9 Å². The summed E-state index contributed by atoms with van der Waals surface area (Å²) < 4.78 is 144. The molecule has 141 heavy (non-hydrogen) atoms. The van der Waals surface area contributed by atoms with Crippen molar-refractivity contribution in [3.8, 4) is 17.2 Å². The van der Waals surface area contributed by atoms with Crippen LogP contribution in [-0.2, 0) is 67.5 Å². The van der Waals surface area contributed by atoms with Gasteiger partial charge in [-0.1, -0.05) is 72.7 Å². The molecule has 3 aliphatic heterocycles. The maximum Gasteiger partial charge on any atom is 0.336 e. The van der Waals surface area contributed by atoms with Crippen molar-refractivity contribution in [2.45, 2.75) is 61.0 Å². The van der Waals surface area contributed by atoms with Gasteiger partial charge >= 0.3 is 35.8 Å². The smallest absolute Gasteiger partial charge is 0.336 e. The summed E-state index contributed by atoms with van der Waals surface area (Å²) in [6, 6.07) is 29.6. The summed E-state index contributed by atoms with van der Waals surface area (Å²) in [7, 11) is -4.00. The molecule has 51 heteroatoms. The molecule has 0 radical (unpaired) electrons. The molecular weight excluding hydrogens is 1960 g/mol. The molecule has 3 fully saturated rings. The van der Waals surface area contributed by atoms with Gasteiger partial charge in [0, 0.05) is 110 Å². The maximum absolute atomic E-state index is 13.5. The van der Waals surface area contributed by atoms with Crippen LogP contribution in [0.4, 0.5) is 77.9 Å². The van der Waals surface area contributed by atoms with Crippen LogP contribution in [0.25, 0.3) is 32.7 Å². The molecule has 15 N–H and O–H groups in total. The fraction of sp³-hybridized carbons (Fsp3) is 0.300. The van der Waals surface area contributed by atoms with Gasteiger partial charge in [0.2, 0.25) is 0 Å². The van der Waals surface area contributed by atoms with E-state index in [4.69, 9.17) is 109 Å². The monoisotopic (exact) mass is 2050 g/mol. The van der Waals surface area contributed by atoms with Crippen LogP contribution in [0.5, 0.6) is 17.2 Å². The van der Waals surface area contributed by atoms with Crippen LogP contribution in [0.3, 0.4) is 0 Å². The van der Waals surface area contributed by atoms with Crippen molar-refractivity contribution in [3.05, 3.63) is 210 Å². The Bertz CT molecular complexity index is 5750. The number of anilines is 9. The molecule has 13 rings (SSSR count). The van der Waals surface area contributed by atoms with Crippen LogP contribution >= 0.6 is 34.8 Å². The van der Waals surface area contributed by atoms with Crippen molar-refractivity contribution < 1.29 is 152 Å². The van der Waals surface area contributed by atoms with Gasteiger partial charge in [-0.15, -0.1) is 0 Å². The van der Waals surface area contributed by atoms with E-state index in [0.29, 0.717) is 104 Å². The number of aliphatic hydroxyl groups is 2. The first-order valence-corrected chi connectivity index (χ1v) is 44.5. The first-order valence-electron chi connectivity index (χ1n) is 42.0. The van der Waals surface area contributed by atoms with E-state index < -0.39 is 135 Å². The average Bonchev–Trinajstić information content (AvgIpc) is 0.793. The van der Waals surface area contributed by atoms with Crippen molar-refractivity contribution in [2.24, 2.45) is 0 Å². The molecule has 3 saturated heterocycles. The van der Waals surface area contributed by atoms with Crippen molar-refractivity contribution in [2.75, 3.05) is 150 Å². The molecule has 10 aromatic rings. The number of aromatic nitrogens is 6. The van der Waals surface area contributed by atoms with Gasteiger partial charge in [-0.05, 0) is 104 Å². The van der Waals surface area contributed by atoms with Gasteiger partial charge in [0.25, 0.3) is 27.8 Å². The first-order chi connectivity index (χ1) is 66.9. The topological polar surface area (TPSA) is 584 Å². The SMILES string of the molecule is C=C(F)C(=O)Nc1cc2c(Nc3ccc(F)c(Cl)c3)ncnc2cc1OCCCN1CCOCC1.C=C(F)C(=O)Nc1cc2c(Nc3ccc(F)c(Cl)c3)ncnc2cc1OCCCN1CCOCC1.C=C(F)C(=O)Nc1cc2c(Nc3ccc(F)c(Cl)c3)ncnc2cc1OCCCN1CCOCC1.O=C(O)CC(O)(CC(=O)O)C(=O)O.O=C(O)CC(O)(CC(=O)O)C(=O)O.O=S(=O)(O)c1ccccc1. The number of carboxylic acid groups (broad SMARTS) is 6. The number of halogens is 9. The predicted octanol–water partition coefficient (Wildman–Crippen LogP) is 12.5. The van der Waals surface area contributed by atoms with Gasteiger partial charge in [0.05, 0.1) is 139 Å². The Labute approximate surface area is 813 Å². The minimum atomic E-state index is -4.00. The van der Waals surface area contributed by atoms with E-state index in [-0.39, 0.29) is 37.0 Å². The number of fused-ring (bicyclic) bond motifs is 3. The van der Waals surface area contributed by atoms with E-state index in [1.54, 1.807) is 54.6 Å². The van der Waals surface area contributed by atoms with E-state index in [1.807, 2.05) is 0 Å². The van der Waals surface area contributed by atoms with Crippen molar-refractivity contribution in [3.63, 3.8) is 0 Å². The van der Waals surface area contributed by atoms with Gasteiger partial charge in [0.15, 0.2) is 28.7 Å². The molecule has 0 bridgehead atoms. The number of morpholine rings is 3. The number of carbonyl (C=O) groups excluding carboxylic acids is 3. The molecular formula is C90H94Cl3F6N15O26S. The Hall–Kier alpha value is -14.2. The molecule has 0 aliphatic carbocycles. The molecule has 0 atom stereocenters. The van der Waals surface area contributed by atoms with Gasteiger partial charge in [-0.3, -0.25) is 52.8 Å². The zero-order chi connectivity index (χ0) is 103. The summed E-state index contributed by atoms with van der Waals surface area (Å²) in [6.07, 6.45) is 1.76. The first kappa shape index (κ1) is 112. The van der Waals surface area contributed by atoms with Crippen molar-refractivity contribution in [1.29, 1.82) is 0 Å². The lowest BCUT2D eigenvalue weighted by Gasteiger charge is -2.26. The zero-order valence-corrected chi connectivity index (χ0v) is 77.5. The number of hydrogen-bond donors (Lipinski definition) is 15. The van der Waals surface area contributed by atoms with Crippen LogP contribution in [0.2, 0.25) is 15.1 Å². The second-order valence-electron chi connectivity index (χ2n) is 30.3. The largest absolute Gasteiger partial charge is 0.491 e. The molecule has 3 aromatic heterocycles. The average molecular weight is 2050 g/mol. The number of carbonyl (C=O) groups is 9. The van der Waals surface area contributed by atoms with Crippen LogP contribution in [0, 0.1) is 17.5 Å². The molecule has 0 unspecified atom stereocenters. The Balaban J connectivity index is 0.000000220. The quantitative estimate of drug-likeness (QED) is 0.00739. The van der Waals surface area contributed by atoms with Gasteiger partial charge in [0.1, 0.15) is 71.1 Å². The highest BCUT2D eigenvalue weighted by molar-refractivity contribution is 7.85. The fourth-order valence-corrected chi connectivity index (χ4v) is 13.9. The van der Waals surface area contributed by atoms with Crippen LogP contribution in [-0.4, -0.2) is 282 Å². The molecule has 6 heterocycles. The van der Waals surface area contributed by atoms with Gasteiger partial charge in [-0.25, -0.2) is 65.8 Å². The van der Waals surface area contributed by atoms with Crippen LogP contribution in [0.15, 0.2) is 182 Å². The summed E-state index contributed by atoms with van der Waals surface area (Å²) in [5, 5.41) is 85.7. The number of carboxylic acids is 6. The number of rotatable bonds is 38. The molecule has 3 amide bonds. The molecule has 754 valence electrons. The summed E-state index contributed by atoms with van der Waals surface area (Å²) in [5.41, 5.74) is -1.68. The van der Waals surface area contributed by atoms with E-state index in [9.17, 15) is 77.9 Å². The van der Waals surface area contributed by atoms with E-state index in [0.717, 1.165) is 118 Å². The highest BCUT2D eigenvalue weighted by Crippen LogP contribution is 2.39. The summed E-state index contributed by atoms with van der Waals surface area (Å²) in [6.45, 7) is 22.4. The minimum Gasteiger partial charge on any atom is -0.491 e.